The van der Waals surface area contributed by atoms with Gasteiger partial charge in [0.2, 0.25) is 0 Å². The number of nitrogens with zero attached hydrogens (tertiary/aromatic N) is 5. The van der Waals surface area contributed by atoms with Gasteiger partial charge in [0.05, 0.1) is 6.54 Å². The number of carbonyl (C=O) groups excluding carboxylic acids is 1. The Morgan fingerprint density at radius 3 is 2.55 bits per heavy atom. The molecule has 0 atom stereocenters. The lowest BCUT2D eigenvalue weighted by atomic mass is 9.98. The summed E-state index contributed by atoms with van der Waals surface area (Å²) in [5, 5.41) is 21.4. The van der Waals surface area contributed by atoms with Gasteiger partial charge in [-0.1, -0.05) is 61.9 Å². The van der Waals surface area contributed by atoms with Crippen molar-refractivity contribution >= 4 is 5.91 Å². The molecule has 0 aliphatic rings. The largest absolute Gasteiger partial charge is 0.354 e. The molecule has 0 saturated heterocycles. The van der Waals surface area contributed by atoms with Gasteiger partial charge in [-0.25, -0.2) is 5.10 Å². The van der Waals surface area contributed by atoms with E-state index in [1.165, 1.54) is 0 Å². The third-order valence-electron chi connectivity index (χ3n) is 5.23. The fourth-order valence-corrected chi connectivity index (χ4v) is 3.57. The van der Waals surface area contributed by atoms with E-state index in [0.717, 1.165) is 47.2 Å². The minimum absolute atomic E-state index is 0.162. The highest BCUT2D eigenvalue weighted by molar-refractivity contribution is 5.92. The number of H-pyrrole nitrogens is 1. The smallest absolute Gasteiger partial charge is 0.271 e. The normalized spacial score (nSPS) is 10.9. The first-order valence-corrected chi connectivity index (χ1v) is 10.4. The van der Waals surface area contributed by atoms with Crippen LogP contribution in [0.5, 0.6) is 0 Å². The second kappa shape index (κ2) is 9.34. The maximum atomic E-state index is 12.0. The Morgan fingerprint density at radius 1 is 1.10 bits per heavy atom. The highest BCUT2D eigenvalue weighted by Crippen LogP contribution is 2.29. The van der Waals surface area contributed by atoms with Gasteiger partial charge in [0.15, 0.2) is 5.82 Å². The number of aromatic nitrogens is 6. The van der Waals surface area contributed by atoms with Crippen LogP contribution >= 0.6 is 0 Å². The van der Waals surface area contributed by atoms with E-state index in [1.54, 1.807) is 7.05 Å². The highest BCUT2D eigenvalue weighted by atomic mass is 16.1. The van der Waals surface area contributed by atoms with E-state index in [0.29, 0.717) is 18.1 Å². The second-order valence-corrected chi connectivity index (χ2v) is 7.35. The number of aryl methyl sites for hydroxylation is 1. The Kier molecular flexibility index (Phi) is 6.16. The summed E-state index contributed by atoms with van der Waals surface area (Å²) in [6.45, 7) is 2.77. The van der Waals surface area contributed by atoms with Crippen molar-refractivity contribution in [3.8, 4) is 22.5 Å². The summed E-state index contributed by atoms with van der Waals surface area (Å²) in [6, 6.07) is 18.3. The molecule has 31 heavy (non-hydrogen) atoms. The van der Waals surface area contributed by atoms with E-state index < -0.39 is 0 Å². The average Bonchev–Trinajstić information content (AvgIpc) is 3.48. The predicted octanol–water partition coefficient (Wildman–Crippen LogP) is 3.48. The van der Waals surface area contributed by atoms with Gasteiger partial charge in [0.25, 0.3) is 5.91 Å². The topological polar surface area (TPSA) is 101 Å². The molecule has 0 bridgehead atoms. The summed E-state index contributed by atoms with van der Waals surface area (Å²) in [5.74, 6) is 0.476. The van der Waals surface area contributed by atoms with Crippen molar-refractivity contribution in [2.75, 3.05) is 7.05 Å². The number of benzene rings is 2. The van der Waals surface area contributed by atoms with Crippen LogP contribution in [0.25, 0.3) is 22.5 Å². The molecule has 2 aromatic carbocycles. The van der Waals surface area contributed by atoms with Crippen LogP contribution in [-0.4, -0.2) is 43.4 Å². The quantitative estimate of drug-likeness (QED) is 0.459. The number of carbonyl (C=O) groups is 1. The Morgan fingerprint density at radius 2 is 1.87 bits per heavy atom. The van der Waals surface area contributed by atoms with Crippen LogP contribution < -0.4 is 5.32 Å². The van der Waals surface area contributed by atoms with Gasteiger partial charge < -0.3 is 5.32 Å². The zero-order valence-corrected chi connectivity index (χ0v) is 17.7. The van der Waals surface area contributed by atoms with Crippen molar-refractivity contribution in [1.82, 2.24) is 35.7 Å². The van der Waals surface area contributed by atoms with Crippen molar-refractivity contribution in [2.45, 2.75) is 32.7 Å². The van der Waals surface area contributed by atoms with Crippen molar-refractivity contribution in [2.24, 2.45) is 0 Å². The summed E-state index contributed by atoms with van der Waals surface area (Å²) in [6.07, 6.45) is 3.05. The first-order chi connectivity index (χ1) is 15.2. The summed E-state index contributed by atoms with van der Waals surface area (Å²) in [5.41, 5.74) is 5.73. The van der Waals surface area contributed by atoms with E-state index in [-0.39, 0.29) is 5.91 Å². The number of hydrogen-bond donors (Lipinski definition) is 2. The molecular formula is C23H25N7O. The Bertz CT molecular complexity index is 1150. The molecule has 8 nitrogen and oxygen atoms in total. The standard InChI is InChI=1S/C23H25N7O/c1-3-4-7-18-14-21(23(31)24-2)27-30(18)15-16-10-12-17(13-11-16)19-8-5-6-9-20(19)22-25-28-29-26-22/h5-6,8-14H,3-4,7,15H2,1-2H3,(H,24,31)(H,25,26,28,29). The lowest BCUT2D eigenvalue weighted by Gasteiger charge is -2.10. The van der Waals surface area contributed by atoms with Gasteiger partial charge in [-0.2, -0.15) is 5.10 Å². The van der Waals surface area contributed by atoms with Crippen LogP contribution in [0.3, 0.4) is 0 Å². The average molecular weight is 416 g/mol. The Hall–Kier alpha value is -3.81. The van der Waals surface area contributed by atoms with E-state index in [1.807, 2.05) is 28.9 Å². The lowest BCUT2D eigenvalue weighted by molar-refractivity contribution is 0.0957. The molecule has 0 radical (unpaired) electrons. The second-order valence-electron chi connectivity index (χ2n) is 7.35. The van der Waals surface area contributed by atoms with Gasteiger partial charge in [-0.3, -0.25) is 9.48 Å². The molecule has 4 aromatic rings. The third-order valence-corrected chi connectivity index (χ3v) is 5.23. The molecule has 0 spiro atoms. The minimum Gasteiger partial charge on any atom is -0.354 e. The van der Waals surface area contributed by atoms with E-state index >= 15 is 0 Å². The highest BCUT2D eigenvalue weighted by Gasteiger charge is 2.14. The van der Waals surface area contributed by atoms with Crippen LogP contribution in [0.4, 0.5) is 0 Å². The fraction of sp³-hybridized carbons (Fsp3) is 0.261. The van der Waals surface area contributed by atoms with Crippen LogP contribution in [0.1, 0.15) is 41.5 Å². The van der Waals surface area contributed by atoms with E-state index in [2.05, 4.69) is 68.3 Å². The molecule has 0 fully saturated rings. The molecule has 0 saturated carbocycles. The van der Waals surface area contributed by atoms with Crippen LogP contribution in [0.15, 0.2) is 54.6 Å². The lowest BCUT2D eigenvalue weighted by Crippen LogP contribution is -2.18. The SMILES string of the molecule is CCCCc1cc(C(=O)NC)nn1Cc1ccc(-c2ccccc2-c2nnn[nH]2)cc1. The zero-order chi connectivity index (χ0) is 21.6. The van der Waals surface area contributed by atoms with Crippen molar-refractivity contribution in [3.63, 3.8) is 0 Å². The number of nitrogens with one attached hydrogen (secondary N) is 2. The molecule has 158 valence electrons. The molecule has 4 rings (SSSR count). The van der Waals surface area contributed by atoms with Crippen molar-refractivity contribution in [1.29, 1.82) is 0 Å². The van der Waals surface area contributed by atoms with E-state index in [9.17, 15) is 4.79 Å². The summed E-state index contributed by atoms with van der Waals surface area (Å²) < 4.78 is 1.93. The molecule has 8 heteroatoms. The number of amides is 1. The number of unbranched alkanes of at least 4 members (excludes halogenated alkanes) is 1. The summed E-state index contributed by atoms with van der Waals surface area (Å²) in [7, 11) is 1.62. The summed E-state index contributed by atoms with van der Waals surface area (Å²) in [4.78, 5) is 12.0. The van der Waals surface area contributed by atoms with Crippen LogP contribution in [0, 0.1) is 0 Å². The fourth-order valence-electron chi connectivity index (χ4n) is 3.57. The van der Waals surface area contributed by atoms with Crippen molar-refractivity contribution in [3.05, 3.63) is 71.5 Å². The van der Waals surface area contributed by atoms with Crippen LogP contribution in [-0.2, 0) is 13.0 Å². The first-order valence-electron chi connectivity index (χ1n) is 10.4. The first kappa shape index (κ1) is 20.5. The molecule has 1 amide bonds. The molecule has 2 aromatic heterocycles. The Balaban J connectivity index is 1.59. The molecule has 0 aliphatic carbocycles. The number of hydrogen-bond acceptors (Lipinski definition) is 5. The van der Waals surface area contributed by atoms with E-state index in [4.69, 9.17) is 0 Å². The molecule has 0 unspecified atom stereocenters. The molecule has 2 heterocycles. The summed E-state index contributed by atoms with van der Waals surface area (Å²) >= 11 is 0. The minimum atomic E-state index is -0.162. The number of aromatic amines is 1. The molecule has 2 N–H and O–H groups in total. The van der Waals surface area contributed by atoms with Gasteiger partial charge in [0.1, 0.15) is 5.69 Å². The van der Waals surface area contributed by atoms with Crippen LogP contribution in [0.2, 0.25) is 0 Å². The third kappa shape index (κ3) is 4.53. The monoisotopic (exact) mass is 415 g/mol. The Labute approximate surface area is 180 Å². The maximum Gasteiger partial charge on any atom is 0.271 e. The number of rotatable bonds is 8. The predicted molar refractivity (Wildman–Crippen MR) is 118 cm³/mol. The molecular weight excluding hydrogens is 390 g/mol. The molecule has 0 aliphatic heterocycles. The van der Waals surface area contributed by atoms with Gasteiger partial charge in [0, 0.05) is 18.3 Å². The van der Waals surface area contributed by atoms with Gasteiger partial charge in [-0.05, 0) is 46.0 Å². The number of tetrazole rings is 1. The maximum absolute atomic E-state index is 12.0. The van der Waals surface area contributed by atoms with Gasteiger partial charge in [-0.15, -0.1) is 5.10 Å². The van der Waals surface area contributed by atoms with Crippen molar-refractivity contribution < 1.29 is 4.79 Å². The van der Waals surface area contributed by atoms with Gasteiger partial charge >= 0.3 is 0 Å². The zero-order valence-electron chi connectivity index (χ0n) is 17.7.